The van der Waals surface area contributed by atoms with Gasteiger partial charge in [0, 0.05) is 0 Å². The topological polar surface area (TPSA) is 41.6 Å². The molecule has 0 spiro atoms. The van der Waals surface area contributed by atoms with Gasteiger partial charge in [-0.1, -0.05) is 72.8 Å². The summed E-state index contributed by atoms with van der Waals surface area (Å²) < 4.78 is 5.90. The number of hydrazine groups is 1. The Morgan fingerprint density at radius 3 is 2.39 bits per heavy atom. The summed E-state index contributed by atoms with van der Waals surface area (Å²) in [7, 11) is 0. The first-order chi connectivity index (χ1) is 13.8. The quantitative estimate of drug-likeness (QED) is 0.651. The van der Waals surface area contributed by atoms with E-state index >= 15 is 0 Å². The number of para-hydroxylation sites is 1. The summed E-state index contributed by atoms with van der Waals surface area (Å²) in [5, 5.41) is 1.90. The number of amides is 1. The number of hydrogen-bond acceptors (Lipinski definition) is 3. The zero-order valence-electron chi connectivity index (χ0n) is 15.8. The van der Waals surface area contributed by atoms with Gasteiger partial charge in [-0.15, -0.1) is 0 Å². The molecule has 1 amide bonds. The first-order valence-corrected chi connectivity index (χ1v) is 9.65. The van der Waals surface area contributed by atoms with Gasteiger partial charge >= 0.3 is 0 Å². The highest BCUT2D eigenvalue weighted by Crippen LogP contribution is 2.29. The molecule has 0 saturated carbocycles. The van der Waals surface area contributed by atoms with Crippen molar-refractivity contribution in [3.05, 3.63) is 102 Å². The third-order valence-corrected chi connectivity index (χ3v) is 4.97. The molecule has 0 saturated heterocycles. The highest BCUT2D eigenvalue weighted by Gasteiger charge is 2.24. The molecule has 1 N–H and O–H groups in total. The number of ether oxygens (including phenoxy) is 1. The van der Waals surface area contributed by atoms with Crippen LogP contribution in [0.15, 0.2) is 84.9 Å². The molecule has 142 valence electrons. The Bertz CT molecular complexity index is 912. The van der Waals surface area contributed by atoms with Gasteiger partial charge in [-0.25, -0.2) is 0 Å². The lowest BCUT2D eigenvalue weighted by molar-refractivity contribution is -0.124. The Morgan fingerprint density at radius 2 is 1.61 bits per heavy atom. The van der Waals surface area contributed by atoms with E-state index in [1.165, 1.54) is 5.56 Å². The van der Waals surface area contributed by atoms with Crippen molar-refractivity contribution < 1.29 is 9.53 Å². The zero-order chi connectivity index (χ0) is 19.2. The second-order valence-electron chi connectivity index (χ2n) is 6.95. The van der Waals surface area contributed by atoms with Gasteiger partial charge in [0.15, 0.2) is 0 Å². The van der Waals surface area contributed by atoms with Crippen molar-refractivity contribution in [1.82, 2.24) is 5.43 Å². The molecule has 4 nitrogen and oxygen atoms in total. The molecule has 0 aliphatic carbocycles. The molecule has 0 bridgehead atoms. The minimum Gasteiger partial charge on any atom is -0.373 e. The molecule has 0 fully saturated rings. The highest BCUT2D eigenvalue weighted by atomic mass is 16.5. The molecule has 3 aromatic carbocycles. The fourth-order valence-corrected chi connectivity index (χ4v) is 3.58. The van der Waals surface area contributed by atoms with Crippen LogP contribution in [0.4, 0.5) is 5.69 Å². The van der Waals surface area contributed by atoms with Crippen molar-refractivity contribution in [2.45, 2.75) is 25.5 Å². The monoisotopic (exact) mass is 372 g/mol. The number of hydrogen-bond donors (Lipinski definition) is 1. The van der Waals surface area contributed by atoms with Crippen LogP contribution in [0.5, 0.6) is 0 Å². The minimum absolute atomic E-state index is 0.0542. The van der Waals surface area contributed by atoms with Crippen LogP contribution in [0.2, 0.25) is 0 Å². The van der Waals surface area contributed by atoms with E-state index in [9.17, 15) is 4.79 Å². The van der Waals surface area contributed by atoms with E-state index in [0.717, 1.165) is 23.2 Å². The predicted molar refractivity (Wildman–Crippen MR) is 111 cm³/mol. The molecule has 1 aliphatic heterocycles. The number of nitrogens with zero attached hydrogens (tertiary/aromatic N) is 1. The smallest absolute Gasteiger partial charge is 0.241 e. The van der Waals surface area contributed by atoms with Crippen LogP contribution >= 0.6 is 0 Å². The second kappa shape index (κ2) is 8.72. The third kappa shape index (κ3) is 4.41. The van der Waals surface area contributed by atoms with Crippen LogP contribution in [0, 0.1) is 0 Å². The normalized spacial score (nSPS) is 15.5. The van der Waals surface area contributed by atoms with E-state index in [1.54, 1.807) is 0 Å². The highest BCUT2D eigenvalue weighted by molar-refractivity contribution is 5.78. The van der Waals surface area contributed by atoms with Crippen molar-refractivity contribution in [2.75, 3.05) is 11.6 Å². The van der Waals surface area contributed by atoms with Crippen molar-refractivity contribution >= 4 is 11.6 Å². The number of benzene rings is 3. The van der Waals surface area contributed by atoms with Crippen molar-refractivity contribution in [1.29, 1.82) is 0 Å². The lowest BCUT2D eigenvalue weighted by atomic mass is 9.96. The maximum absolute atomic E-state index is 12.9. The fourth-order valence-electron chi connectivity index (χ4n) is 3.58. The minimum atomic E-state index is -0.195. The molecular weight excluding hydrogens is 348 g/mol. The van der Waals surface area contributed by atoms with Gasteiger partial charge in [-0.2, -0.15) is 0 Å². The van der Waals surface area contributed by atoms with Crippen LogP contribution < -0.4 is 10.4 Å². The molecule has 0 aromatic heterocycles. The lowest BCUT2D eigenvalue weighted by Gasteiger charge is -2.29. The Hall–Kier alpha value is -3.11. The maximum atomic E-state index is 12.9. The molecule has 1 atom stereocenters. The summed E-state index contributed by atoms with van der Waals surface area (Å²) in [6.07, 6.45) is 1.01. The van der Waals surface area contributed by atoms with E-state index in [4.69, 9.17) is 4.74 Å². The molecule has 1 aliphatic rings. The molecule has 4 rings (SSSR count). The van der Waals surface area contributed by atoms with Gasteiger partial charge in [0.2, 0.25) is 5.91 Å². The summed E-state index contributed by atoms with van der Waals surface area (Å²) in [5.41, 5.74) is 7.55. The van der Waals surface area contributed by atoms with E-state index in [1.807, 2.05) is 65.7 Å². The van der Waals surface area contributed by atoms with E-state index in [0.29, 0.717) is 19.6 Å². The molecular formula is C24H24N2O2. The standard InChI is InChI=1S/C24H24N2O2/c27-24(17-23-22-14-8-7-11-20(22)15-16-28-23)25-26(21-12-5-2-6-13-21)18-19-9-3-1-4-10-19/h1-14,23H,15-18H2,(H,25,27). The summed E-state index contributed by atoms with van der Waals surface area (Å²) in [6.45, 7) is 1.25. The summed E-state index contributed by atoms with van der Waals surface area (Å²) >= 11 is 0. The summed E-state index contributed by atoms with van der Waals surface area (Å²) in [6, 6.07) is 28.3. The zero-order valence-corrected chi connectivity index (χ0v) is 15.8. The Balaban J connectivity index is 1.48. The third-order valence-electron chi connectivity index (χ3n) is 4.97. The first-order valence-electron chi connectivity index (χ1n) is 9.65. The van der Waals surface area contributed by atoms with Crippen molar-refractivity contribution in [3.8, 4) is 0 Å². The average Bonchev–Trinajstić information content (AvgIpc) is 2.75. The van der Waals surface area contributed by atoms with E-state index < -0.39 is 0 Å². The number of rotatable bonds is 6. The summed E-state index contributed by atoms with van der Waals surface area (Å²) in [5.74, 6) is -0.0542. The maximum Gasteiger partial charge on any atom is 0.241 e. The van der Waals surface area contributed by atoms with Crippen LogP contribution in [-0.2, 0) is 22.5 Å². The molecule has 0 radical (unpaired) electrons. The van der Waals surface area contributed by atoms with E-state index in [2.05, 4.69) is 29.7 Å². The van der Waals surface area contributed by atoms with Gasteiger partial charge in [-0.05, 0) is 35.2 Å². The van der Waals surface area contributed by atoms with E-state index in [-0.39, 0.29) is 12.0 Å². The lowest BCUT2D eigenvalue weighted by Crippen LogP contribution is -2.42. The van der Waals surface area contributed by atoms with Gasteiger partial charge in [-0.3, -0.25) is 15.2 Å². The molecule has 4 heteroatoms. The largest absolute Gasteiger partial charge is 0.373 e. The van der Waals surface area contributed by atoms with Crippen LogP contribution in [0.1, 0.15) is 29.2 Å². The van der Waals surface area contributed by atoms with Crippen molar-refractivity contribution in [3.63, 3.8) is 0 Å². The van der Waals surface area contributed by atoms with Gasteiger partial charge in [0.05, 0.1) is 31.4 Å². The number of fused-ring (bicyclic) bond motifs is 1. The van der Waals surface area contributed by atoms with Gasteiger partial charge in [0.1, 0.15) is 0 Å². The molecule has 1 unspecified atom stereocenters. The van der Waals surface area contributed by atoms with Crippen LogP contribution in [0.25, 0.3) is 0 Å². The Morgan fingerprint density at radius 1 is 0.929 bits per heavy atom. The van der Waals surface area contributed by atoms with Gasteiger partial charge < -0.3 is 4.74 Å². The first kappa shape index (κ1) is 18.3. The predicted octanol–water partition coefficient (Wildman–Crippen LogP) is 4.43. The van der Waals surface area contributed by atoms with Crippen LogP contribution in [0.3, 0.4) is 0 Å². The molecule has 28 heavy (non-hydrogen) atoms. The number of nitrogens with one attached hydrogen (secondary N) is 1. The number of anilines is 1. The number of carbonyl (C=O) groups excluding carboxylic acids is 1. The second-order valence-corrected chi connectivity index (χ2v) is 6.95. The fraction of sp³-hybridized carbons (Fsp3) is 0.208. The number of carbonyl (C=O) groups is 1. The van der Waals surface area contributed by atoms with Gasteiger partial charge in [0.25, 0.3) is 0 Å². The molecule has 3 aromatic rings. The average molecular weight is 372 g/mol. The Kier molecular flexibility index (Phi) is 5.69. The van der Waals surface area contributed by atoms with Crippen LogP contribution in [-0.4, -0.2) is 12.5 Å². The molecule has 1 heterocycles. The SMILES string of the molecule is O=C(CC1OCCc2ccccc21)NN(Cc1ccccc1)c1ccccc1. The Labute approximate surface area is 165 Å². The van der Waals surface area contributed by atoms with Crippen molar-refractivity contribution in [2.24, 2.45) is 0 Å². The summed E-state index contributed by atoms with van der Waals surface area (Å²) in [4.78, 5) is 12.9.